The van der Waals surface area contributed by atoms with Gasteiger partial charge in [0.1, 0.15) is 5.82 Å². The number of benzene rings is 2. The molecule has 0 spiro atoms. The molecule has 0 nitrogen and oxygen atoms in total. The van der Waals surface area contributed by atoms with Gasteiger partial charge >= 0.3 is 0 Å². The fraction of sp³-hybridized carbons (Fsp3) is 0.308. The van der Waals surface area contributed by atoms with Crippen LogP contribution < -0.4 is 0 Å². The minimum absolute atomic E-state index is 0.117. The average molecular weight is 365 g/mol. The van der Waals surface area contributed by atoms with Crippen molar-refractivity contribution in [1.82, 2.24) is 0 Å². The number of rotatable bonds is 5. The normalized spacial score (nSPS) is 10.9. The first-order valence-electron chi connectivity index (χ1n) is 9.45. The second-order valence-electron chi connectivity index (χ2n) is 7.31. The predicted molar refractivity (Wildman–Crippen MR) is 119 cm³/mol. The summed E-state index contributed by atoms with van der Waals surface area (Å²) < 4.78 is 14.1. The number of hydrogen-bond donors (Lipinski definition) is 0. The lowest BCUT2D eigenvalue weighted by atomic mass is 9.96. The quantitative estimate of drug-likeness (QED) is 0.470. The molecule has 1 heteroatoms. The first-order chi connectivity index (χ1) is 12.7. The van der Waals surface area contributed by atoms with Crippen molar-refractivity contribution in [3.8, 4) is 0 Å². The third kappa shape index (κ3) is 7.02. The Kier molecular flexibility index (Phi) is 8.94. The highest BCUT2D eigenvalue weighted by molar-refractivity contribution is 5.66. The van der Waals surface area contributed by atoms with Gasteiger partial charge in [-0.15, -0.1) is 6.58 Å². The molecule has 2 aromatic carbocycles. The highest BCUT2D eigenvalue weighted by atomic mass is 19.1. The Balaban J connectivity index is 0.000000289. The van der Waals surface area contributed by atoms with Crippen molar-refractivity contribution in [2.75, 3.05) is 0 Å². The van der Waals surface area contributed by atoms with Crippen LogP contribution in [0.5, 0.6) is 0 Å². The summed E-state index contributed by atoms with van der Waals surface area (Å²) >= 11 is 0. The molecule has 0 bridgehead atoms. The monoisotopic (exact) mass is 364 g/mol. The van der Waals surface area contributed by atoms with Crippen molar-refractivity contribution < 1.29 is 4.39 Å². The highest BCUT2D eigenvalue weighted by Gasteiger charge is 2.11. The number of halogens is 1. The lowest BCUT2D eigenvalue weighted by Gasteiger charge is -2.11. The first-order valence-corrected chi connectivity index (χ1v) is 9.45. The van der Waals surface area contributed by atoms with Crippen LogP contribution in [0, 0.1) is 19.7 Å². The second-order valence-corrected chi connectivity index (χ2v) is 7.31. The maximum Gasteiger partial charge on any atom is 0.134 e. The largest absolute Gasteiger partial charge is 0.206 e. The van der Waals surface area contributed by atoms with Gasteiger partial charge in [0.2, 0.25) is 0 Å². The lowest BCUT2D eigenvalue weighted by Crippen LogP contribution is -1.98. The zero-order valence-corrected chi connectivity index (χ0v) is 17.7. The van der Waals surface area contributed by atoms with Crippen LogP contribution in [0.3, 0.4) is 0 Å². The summed E-state index contributed by atoms with van der Waals surface area (Å²) in [6.07, 6.45) is 3.67. The first kappa shape index (κ1) is 22.6. The molecule has 0 saturated heterocycles. The van der Waals surface area contributed by atoms with Gasteiger partial charge in [-0.3, -0.25) is 0 Å². The van der Waals surface area contributed by atoms with E-state index in [0.29, 0.717) is 12.0 Å². The summed E-state index contributed by atoms with van der Waals surface area (Å²) in [5, 5.41) is 0. The van der Waals surface area contributed by atoms with Gasteiger partial charge in [0, 0.05) is 5.56 Å². The van der Waals surface area contributed by atoms with Crippen LogP contribution in [0.4, 0.5) is 4.39 Å². The molecule has 144 valence electrons. The smallest absolute Gasteiger partial charge is 0.134 e. The molecule has 0 aliphatic carbocycles. The number of hydrogen-bond acceptors (Lipinski definition) is 0. The number of aryl methyl sites for hydroxylation is 3. The molecule has 0 heterocycles. The summed E-state index contributed by atoms with van der Waals surface area (Å²) in [6, 6.07) is 12.4. The van der Waals surface area contributed by atoms with E-state index in [0.717, 1.165) is 28.7 Å². The van der Waals surface area contributed by atoms with E-state index in [1.54, 1.807) is 0 Å². The molecule has 0 fully saturated rings. The third-order valence-corrected chi connectivity index (χ3v) is 4.62. The summed E-state index contributed by atoms with van der Waals surface area (Å²) in [7, 11) is 0. The van der Waals surface area contributed by atoms with Crippen LogP contribution in [0.25, 0.3) is 11.1 Å². The van der Waals surface area contributed by atoms with E-state index in [-0.39, 0.29) is 5.82 Å². The van der Waals surface area contributed by atoms with Gasteiger partial charge in [0.15, 0.2) is 0 Å². The van der Waals surface area contributed by atoms with Crippen molar-refractivity contribution in [1.29, 1.82) is 0 Å². The molecule has 27 heavy (non-hydrogen) atoms. The number of allylic oxidation sites excluding steroid dienone is 4. The van der Waals surface area contributed by atoms with Crippen molar-refractivity contribution in [3.63, 3.8) is 0 Å². The topological polar surface area (TPSA) is 0 Å². The standard InChI is InChI=1S/C15H19F.C11H14/c1-10(2)6-8-13-9-7-12(5)14(11(3)4)15(13)16;1-4-10(3)11-7-5-9(2)6-8-11/h7,9H,1,3,6,8H2,2,4-5H3;4-8H,1-3H3/b;10-4+. The van der Waals surface area contributed by atoms with Gasteiger partial charge in [-0.25, -0.2) is 4.39 Å². The van der Waals surface area contributed by atoms with Crippen LogP contribution in [0.1, 0.15) is 61.9 Å². The Morgan fingerprint density at radius 2 is 1.56 bits per heavy atom. The fourth-order valence-corrected chi connectivity index (χ4v) is 2.76. The van der Waals surface area contributed by atoms with E-state index in [1.165, 1.54) is 16.7 Å². The molecule has 0 aliphatic rings. The van der Waals surface area contributed by atoms with E-state index in [1.807, 2.05) is 32.9 Å². The predicted octanol–water partition coefficient (Wildman–Crippen LogP) is 8.09. The molecule has 0 amide bonds. The Hall–Kier alpha value is -2.41. The van der Waals surface area contributed by atoms with Crippen LogP contribution in [0.15, 0.2) is 61.2 Å². The molecule has 0 saturated carbocycles. The van der Waals surface area contributed by atoms with Gasteiger partial charge in [-0.1, -0.05) is 60.2 Å². The van der Waals surface area contributed by atoms with E-state index in [2.05, 4.69) is 64.3 Å². The van der Waals surface area contributed by atoms with E-state index >= 15 is 0 Å². The third-order valence-electron chi connectivity index (χ3n) is 4.62. The molecule has 0 unspecified atom stereocenters. The maximum absolute atomic E-state index is 14.1. The van der Waals surface area contributed by atoms with Crippen molar-refractivity contribution in [2.45, 2.75) is 54.4 Å². The molecule has 2 aromatic rings. The second kappa shape index (κ2) is 10.7. The van der Waals surface area contributed by atoms with Crippen LogP contribution >= 0.6 is 0 Å². The Labute approximate surface area is 165 Å². The van der Waals surface area contributed by atoms with Crippen molar-refractivity contribution >= 4 is 11.1 Å². The summed E-state index contributed by atoms with van der Waals surface area (Å²) in [5.41, 5.74) is 8.21. The molecular weight excluding hydrogens is 331 g/mol. The highest BCUT2D eigenvalue weighted by Crippen LogP contribution is 2.24. The van der Waals surface area contributed by atoms with Gasteiger partial charge in [0.05, 0.1) is 0 Å². The molecule has 0 atom stereocenters. The van der Waals surface area contributed by atoms with Crippen LogP contribution in [0.2, 0.25) is 0 Å². The lowest BCUT2D eigenvalue weighted by molar-refractivity contribution is 0.603. The fourth-order valence-electron chi connectivity index (χ4n) is 2.76. The maximum atomic E-state index is 14.1. The molecule has 0 aromatic heterocycles. The Morgan fingerprint density at radius 1 is 0.963 bits per heavy atom. The van der Waals surface area contributed by atoms with Gasteiger partial charge in [-0.2, -0.15) is 0 Å². The molecular formula is C26H33F. The molecule has 0 aliphatic heterocycles. The van der Waals surface area contributed by atoms with Crippen molar-refractivity contribution in [2.24, 2.45) is 0 Å². The van der Waals surface area contributed by atoms with E-state index in [4.69, 9.17) is 0 Å². The Bertz CT molecular complexity index is 820. The van der Waals surface area contributed by atoms with Crippen LogP contribution in [-0.2, 0) is 6.42 Å². The zero-order valence-electron chi connectivity index (χ0n) is 17.7. The SMILES string of the molecule is C/C=C(\C)c1ccc(C)cc1.C=C(C)CCc1ccc(C)c(C(=C)C)c1F. The zero-order chi connectivity index (χ0) is 20.6. The Morgan fingerprint density at radius 3 is 2.04 bits per heavy atom. The van der Waals surface area contributed by atoms with Gasteiger partial charge in [-0.05, 0) is 82.2 Å². The summed E-state index contributed by atoms with van der Waals surface area (Å²) in [4.78, 5) is 0. The molecule has 2 rings (SSSR count). The minimum Gasteiger partial charge on any atom is -0.206 e. The minimum atomic E-state index is -0.117. The molecule has 0 radical (unpaired) electrons. The van der Waals surface area contributed by atoms with Gasteiger partial charge < -0.3 is 0 Å². The van der Waals surface area contributed by atoms with E-state index in [9.17, 15) is 4.39 Å². The van der Waals surface area contributed by atoms with E-state index < -0.39 is 0 Å². The van der Waals surface area contributed by atoms with Crippen LogP contribution in [-0.4, -0.2) is 0 Å². The average Bonchev–Trinajstić information content (AvgIpc) is 2.61. The summed E-state index contributed by atoms with van der Waals surface area (Å²) in [5.74, 6) is -0.117. The molecule has 0 N–H and O–H groups in total. The van der Waals surface area contributed by atoms with Crippen molar-refractivity contribution in [3.05, 3.63) is 94.8 Å². The summed E-state index contributed by atoms with van der Waals surface area (Å²) in [6.45, 7) is 19.7. The van der Waals surface area contributed by atoms with Gasteiger partial charge in [0.25, 0.3) is 0 Å².